The van der Waals surface area contributed by atoms with Crippen molar-refractivity contribution in [2.75, 3.05) is 6.61 Å². The highest BCUT2D eigenvalue weighted by molar-refractivity contribution is 5.69. The number of hydrogen-bond donors (Lipinski definition) is 1. The van der Waals surface area contributed by atoms with Gasteiger partial charge >= 0.3 is 11.9 Å². The van der Waals surface area contributed by atoms with Gasteiger partial charge in [0, 0.05) is 12.8 Å². The van der Waals surface area contributed by atoms with Gasteiger partial charge in [-0.15, -0.1) is 0 Å². The zero-order valence-electron chi connectivity index (χ0n) is 14.1. The monoisotopic (exact) mass is 322 g/mol. The molecule has 0 aromatic rings. The average molecular weight is 322 g/mol. The lowest BCUT2D eigenvalue weighted by molar-refractivity contribution is -0.142. The first-order valence-corrected chi connectivity index (χ1v) is 8.91. The number of allylic oxidation sites excluding steroid dienone is 2. The summed E-state index contributed by atoms with van der Waals surface area (Å²) in [6, 6.07) is 0. The van der Waals surface area contributed by atoms with Crippen LogP contribution in [0.15, 0.2) is 23.8 Å². The molecule has 0 saturated carbocycles. The SMILES string of the molecule is O=C(O)CCCCCCCCCCC(=O)OCC1=CCCC=C1. The van der Waals surface area contributed by atoms with E-state index in [4.69, 9.17) is 9.84 Å². The molecule has 0 radical (unpaired) electrons. The molecule has 1 aliphatic rings. The van der Waals surface area contributed by atoms with Crippen molar-refractivity contribution in [3.8, 4) is 0 Å². The van der Waals surface area contributed by atoms with Crippen molar-refractivity contribution in [1.29, 1.82) is 0 Å². The van der Waals surface area contributed by atoms with Gasteiger partial charge in [-0.05, 0) is 31.3 Å². The second-order valence-electron chi connectivity index (χ2n) is 6.14. The fraction of sp³-hybridized carbons (Fsp3) is 0.684. The minimum absolute atomic E-state index is 0.0986. The molecule has 1 aliphatic carbocycles. The Balaban J connectivity index is 1.85. The summed E-state index contributed by atoms with van der Waals surface area (Å²) in [5.74, 6) is -0.800. The van der Waals surface area contributed by atoms with Crippen LogP contribution in [0.5, 0.6) is 0 Å². The van der Waals surface area contributed by atoms with Gasteiger partial charge in [0.25, 0.3) is 0 Å². The van der Waals surface area contributed by atoms with Crippen molar-refractivity contribution >= 4 is 11.9 Å². The summed E-state index contributed by atoms with van der Waals surface area (Å²) in [5, 5.41) is 8.53. The highest BCUT2D eigenvalue weighted by atomic mass is 16.5. The molecule has 4 heteroatoms. The van der Waals surface area contributed by atoms with Crippen LogP contribution in [0.3, 0.4) is 0 Å². The number of carboxylic acid groups (broad SMARTS) is 1. The zero-order valence-corrected chi connectivity index (χ0v) is 14.1. The zero-order chi connectivity index (χ0) is 16.8. The lowest BCUT2D eigenvalue weighted by Gasteiger charge is -2.08. The van der Waals surface area contributed by atoms with E-state index < -0.39 is 5.97 Å². The van der Waals surface area contributed by atoms with Crippen LogP contribution < -0.4 is 0 Å². The van der Waals surface area contributed by atoms with E-state index in [0.717, 1.165) is 63.4 Å². The Bertz CT molecular complexity index is 410. The molecular formula is C19H30O4. The molecule has 1 N–H and O–H groups in total. The molecule has 130 valence electrons. The van der Waals surface area contributed by atoms with E-state index in [1.165, 1.54) is 6.42 Å². The van der Waals surface area contributed by atoms with Gasteiger partial charge in [-0.25, -0.2) is 0 Å². The van der Waals surface area contributed by atoms with Gasteiger partial charge in [0.2, 0.25) is 0 Å². The molecule has 0 atom stereocenters. The Morgan fingerprint density at radius 2 is 1.52 bits per heavy atom. The van der Waals surface area contributed by atoms with Crippen molar-refractivity contribution < 1.29 is 19.4 Å². The van der Waals surface area contributed by atoms with Gasteiger partial charge in [0.1, 0.15) is 6.61 Å². The van der Waals surface area contributed by atoms with Crippen LogP contribution in [-0.2, 0) is 14.3 Å². The van der Waals surface area contributed by atoms with Crippen LogP contribution in [0.25, 0.3) is 0 Å². The van der Waals surface area contributed by atoms with Crippen LogP contribution in [0.1, 0.15) is 77.0 Å². The molecule has 23 heavy (non-hydrogen) atoms. The summed E-state index contributed by atoms with van der Waals surface area (Å²) in [7, 11) is 0. The quantitative estimate of drug-likeness (QED) is 0.391. The van der Waals surface area contributed by atoms with Crippen molar-refractivity contribution in [1.82, 2.24) is 0 Å². The predicted molar refractivity (Wildman–Crippen MR) is 91.2 cm³/mol. The summed E-state index contributed by atoms with van der Waals surface area (Å²) in [5.41, 5.74) is 1.10. The van der Waals surface area contributed by atoms with E-state index in [-0.39, 0.29) is 12.4 Å². The molecule has 0 amide bonds. The number of unbranched alkanes of at least 4 members (excludes halogenated alkanes) is 7. The highest BCUT2D eigenvalue weighted by Crippen LogP contribution is 2.12. The van der Waals surface area contributed by atoms with Crippen molar-refractivity contribution in [3.05, 3.63) is 23.8 Å². The molecule has 0 aromatic heterocycles. The molecule has 0 fully saturated rings. The van der Waals surface area contributed by atoms with Gasteiger partial charge in [0.05, 0.1) is 0 Å². The fourth-order valence-corrected chi connectivity index (χ4v) is 2.62. The Morgan fingerprint density at radius 1 is 0.913 bits per heavy atom. The highest BCUT2D eigenvalue weighted by Gasteiger charge is 2.05. The summed E-state index contributed by atoms with van der Waals surface area (Å²) in [4.78, 5) is 22.0. The summed E-state index contributed by atoms with van der Waals surface area (Å²) in [6.45, 7) is 0.408. The minimum Gasteiger partial charge on any atom is -0.481 e. The molecule has 0 saturated heterocycles. The lowest BCUT2D eigenvalue weighted by atomic mass is 10.1. The Kier molecular flexibility index (Phi) is 10.9. The van der Waals surface area contributed by atoms with Crippen LogP contribution in [0.2, 0.25) is 0 Å². The van der Waals surface area contributed by atoms with Gasteiger partial charge in [-0.1, -0.05) is 56.8 Å². The predicted octanol–water partition coefficient (Wildman–Crippen LogP) is 4.79. The van der Waals surface area contributed by atoms with E-state index in [9.17, 15) is 9.59 Å². The molecule has 0 unspecified atom stereocenters. The molecule has 0 heterocycles. The molecule has 0 spiro atoms. The van der Waals surface area contributed by atoms with Gasteiger partial charge in [-0.3, -0.25) is 9.59 Å². The van der Waals surface area contributed by atoms with Gasteiger partial charge in [0.15, 0.2) is 0 Å². The third-order valence-electron chi connectivity index (χ3n) is 3.99. The number of aliphatic carboxylic acids is 1. The number of ether oxygens (including phenoxy) is 1. The molecule has 1 rings (SSSR count). The Labute approximate surface area is 139 Å². The number of carbonyl (C=O) groups is 2. The maximum absolute atomic E-state index is 11.6. The summed E-state index contributed by atoms with van der Waals surface area (Å²) >= 11 is 0. The van der Waals surface area contributed by atoms with E-state index in [2.05, 4.69) is 12.2 Å². The van der Waals surface area contributed by atoms with Crippen LogP contribution >= 0.6 is 0 Å². The number of esters is 1. The summed E-state index contributed by atoms with van der Waals surface area (Å²) in [6.07, 6.45) is 17.5. The van der Waals surface area contributed by atoms with Crippen LogP contribution in [0, 0.1) is 0 Å². The first kappa shape index (κ1) is 19.5. The molecule has 0 bridgehead atoms. The maximum atomic E-state index is 11.6. The standard InChI is InChI=1S/C19H30O4/c20-18(21)14-10-5-3-1-2-4-6-11-15-19(22)23-16-17-12-8-7-9-13-17/h8,12-13H,1-7,9-11,14-16H2,(H,20,21). The number of carbonyl (C=O) groups excluding carboxylic acids is 1. The average Bonchev–Trinajstić information content (AvgIpc) is 2.55. The summed E-state index contributed by atoms with van der Waals surface area (Å²) < 4.78 is 5.27. The first-order chi connectivity index (χ1) is 11.2. The number of carboxylic acids is 1. The van der Waals surface area contributed by atoms with Crippen LogP contribution in [-0.4, -0.2) is 23.7 Å². The van der Waals surface area contributed by atoms with E-state index in [0.29, 0.717) is 13.0 Å². The second kappa shape index (κ2) is 12.9. The van der Waals surface area contributed by atoms with Crippen LogP contribution in [0.4, 0.5) is 0 Å². The van der Waals surface area contributed by atoms with Crippen molar-refractivity contribution in [3.63, 3.8) is 0 Å². The number of rotatable bonds is 13. The molecule has 0 aromatic carbocycles. The van der Waals surface area contributed by atoms with Crippen molar-refractivity contribution in [2.24, 2.45) is 0 Å². The Hall–Kier alpha value is -1.58. The number of hydrogen-bond acceptors (Lipinski definition) is 3. The van der Waals surface area contributed by atoms with E-state index in [1.54, 1.807) is 0 Å². The molecular weight excluding hydrogens is 292 g/mol. The lowest BCUT2D eigenvalue weighted by Crippen LogP contribution is -2.07. The second-order valence-corrected chi connectivity index (χ2v) is 6.14. The van der Waals surface area contributed by atoms with E-state index in [1.807, 2.05) is 6.08 Å². The minimum atomic E-state index is -0.701. The smallest absolute Gasteiger partial charge is 0.306 e. The first-order valence-electron chi connectivity index (χ1n) is 8.91. The third kappa shape index (κ3) is 11.6. The van der Waals surface area contributed by atoms with E-state index >= 15 is 0 Å². The third-order valence-corrected chi connectivity index (χ3v) is 3.99. The largest absolute Gasteiger partial charge is 0.481 e. The van der Waals surface area contributed by atoms with Crippen molar-refractivity contribution in [2.45, 2.75) is 77.0 Å². The molecule has 4 nitrogen and oxygen atoms in total. The fourth-order valence-electron chi connectivity index (χ4n) is 2.62. The normalized spacial score (nSPS) is 13.7. The van der Waals surface area contributed by atoms with Gasteiger partial charge < -0.3 is 9.84 Å². The molecule has 0 aliphatic heterocycles. The maximum Gasteiger partial charge on any atom is 0.306 e. The topological polar surface area (TPSA) is 63.6 Å². The Morgan fingerprint density at radius 3 is 2.09 bits per heavy atom. The van der Waals surface area contributed by atoms with Gasteiger partial charge in [-0.2, -0.15) is 0 Å².